The summed E-state index contributed by atoms with van der Waals surface area (Å²) in [5.74, 6) is 0.949. The molecule has 3 nitrogen and oxygen atoms in total. The first-order chi connectivity index (χ1) is 13.5. The van der Waals surface area contributed by atoms with Crippen LogP contribution in [0.2, 0.25) is 6.32 Å². The molecule has 3 aromatic rings. The average molecular weight is 369 g/mol. The minimum atomic E-state index is 0.474. The van der Waals surface area contributed by atoms with Crippen LogP contribution in [0.25, 0.3) is 16.8 Å². The smallest absolute Gasteiger partial charge is 0.245 e. The van der Waals surface area contributed by atoms with Gasteiger partial charge in [-0.1, -0.05) is 58.0 Å². The molecular formula is C24H28BN3. The number of hydrogen-bond donors (Lipinski definition) is 0. The molecule has 142 valence electrons. The van der Waals surface area contributed by atoms with E-state index < -0.39 is 0 Å². The summed E-state index contributed by atoms with van der Waals surface area (Å²) in [5.41, 5.74) is 7.63. The van der Waals surface area contributed by atoms with Gasteiger partial charge in [0, 0.05) is 17.4 Å². The van der Waals surface area contributed by atoms with E-state index in [1.165, 1.54) is 27.9 Å². The van der Waals surface area contributed by atoms with Crippen molar-refractivity contribution >= 4 is 13.1 Å². The van der Waals surface area contributed by atoms with Crippen LogP contribution in [0.5, 0.6) is 0 Å². The van der Waals surface area contributed by atoms with Crippen molar-refractivity contribution in [2.24, 2.45) is 0 Å². The summed E-state index contributed by atoms with van der Waals surface area (Å²) in [6, 6.07) is 15.3. The van der Waals surface area contributed by atoms with E-state index in [-0.39, 0.29) is 0 Å². The Balaban J connectivity index is 1.75. The molecule has 0 unspecified atom stereocenters. The predicted octanol–water partition coefficient (Wildman–Crippen LogP) is 5.89. The molecule has 4 heteroatoms. The number of anilines is 1. The van der Waals surface area contributed by atoms with Gasteiger partial charge >= 0.3 is 0 Å². The van der Waals surface area contributed by atoms with Crippen LogP contribution in [0.1, 0.15) is 50.7 Å². The van der Waals surface area contributed by atoms with Crippen molar-refractivity contribution < 1.29 is 0 Å². The summed E-state index contributed by atoms with van der Waals surface area (Å²) < 4.78 is 2.00. The first-order valence-corrected chi connectivity index (χ1v) is 10.3. The minimum absolute atomic E-state index is 0.474. The lowest BCUT2D eigenvalue weighted by atomic mass is 9.86. The Labute approximate surface area is 169 Å². The SMILES string of the molecule is CC(C)c1cccc(C(C)C)c1-c1cnn(-c2cccc(N3BCC=C3)c2)c1. The first-order valence-electron chi connectivity index (χ1n) is 10.3. The summed E-state index contributed by atoms with van der Waals surface area (Å²) in [6.45, 7) is 9.06. The van der Waals surface area contributed by atoms with Gasteiger partial charge in [-0.05, 0) is 59.2 Å². The quantitative estimate of drug-likeness (QED) is 0.523. The summed E-state index contributed by atoms with van der Waals surface area (Å²) >= 11 is 0. The Morgan fingerprint density at radius 1 is 0.929 bits per heavy atom. The van der Waals surface area contributed by atoms with Gasteiger partial charge in [-0.25, -0.2) is 4.68 Å². The van der Waals surface area contributed by atoms with Gasteiger partial charge in [-0.3, -0.25) is 0 Å². The van der Waals surface area contributed by atoms with Crippen molar-refractivity contribution in [3.63, 3.8) is 0 Å². The average Bonchev–Trinajstić information content (AvgIpc) is 3.39. The van der Waals surface area contributed by atoms with Crippen LogP contribution in [-0.2, 0) is 0 Å². The second-order valence-electron chi connectivity index (χ2n) is 8.18. The number of rotatable bonds is 5. The lowest BCUT2D eigenvalue weighted by Gasteiger charge is -2.18. The largest absolute Gasteiger partial charge is 0.396 e. The van der Waals surface area contributed by atoms with Crippen LogP contribution < -0.4 is 4.81 Å². The van der Waals surface area contributed by atoms with Gasteiger partial charge in [-0.2, -0.15) is 5.10 Å². The third-order valence-electron chi connectivity index (χ3n) is 5.49. The van der Waals surface area contributed by atoms with Gasteiger partial charge in [0.2, 0.25) is 7.41 Å². The van der Waals surface area contributed by atoms with Crippen molar-refractivity contribution in [2.75, 3.05) is 4.81 Å². The van der Waals surface area contributed by atoms with E-state index in [0.717, 1.165) is 19.4 Å². The van der Waals surface area contributed by atoms with Crippen LogP contribution in [0, 0.1) is 0 Å². The van der Waals surface area contributed by atoms with E-state index >= 15 is 0 Å². The highest BCUT2D eigenvalue weighted by Crippen LogP contribution is 2.36. The summed E-state index contributed by atoms with van der Waals surface area (Å²) in [6.07, 6.45) is 9.68. The van der Waals surface area contributed by atoms with Crippen molar-refractivity contribution in [1.82, 2.24) is 9.78 Å². The molecule has 0 spiro atoms. The molecule has 4 rings (SSSR count). The molecule has 0 fully saturated rings. The number of hydrogen-bond acceptors (Lipinski definition) is 2. The second-order valence-corrected chi connectivity index (χ2v) is 8.18. The van der Waals surface area contributed by atoms with Gasteiger partial charge < -0.3 is 4.81 Å². The van der Waals surface area contributed by atoms with Gasteiger partial charge in [0.25, 0.3) is 0 Å². The fraction of sp³-hybridized carbons (Fsp3) is 0.292. The summed E-state index contributed by atoms with van der Waals surface area (Å²) in [5, 5.41) is 4.71. The van der Waals surface area contributed by atoms with Crippen LogP contribution in [0.3, 0.4) is 0 Å². The van der Waals surface area contributed by atoms with E-state index in [2.05, 4.69) is 93.4 Å². The van der Waals surface area contributed by atoms with Crippen molar-refractivity contribution in [3.05, 3.63) is 78.3 Å². The molecule has 0 amide bonds. The first kappa shape index (κ1) is 18.6. The molecule has 0 bridgehead atoms. The highest BCUT2D eigenvalue weighted by molar-refractivity contribution is 6.44. The van der Waals surface area contributed by atoms with Crippen LogP contribution >= 0.6 is 0 Å². The second kappa shape index (κ2) is 7.71. The number of nitrogens with zero attached hydrogens (tertiary/aromatic N) is 3. The molecule has 0 saturated heterocycles. The summed E-state index contributed by atoms with van der Waals surface area (Å²) in [7, 11) is 1.05. The molecule has 0 aliphatic carbocycles. The standard InChI is InChI=1S/C24H28BN3/c1-17(2)22-10-6-11-23(18(3)4)24(22)19-15-26-28(16-19)21-9-5-8-20(14-21)27-13-7-12-25-27/h5-11,13-18,25H,12H2,1-4H3. The fourth-order valence-electron chi connectivity index (χ4n) is 4.00. The lowest BCUT2D eigenvalue weighted by Crippen LogP contribution is -2.15. The Bertz CT molecular complexity index is 974. The molecular weight excluding hydrogens is 341 g/mol. The number of allylic oxidation sites excluding steroid dienone is 1. The molecule has 0 radical (unpaired) electrons. The minimum Gasteiger partial charge on any atom is -0.396 e. The maximum Gasteiger partial charge on any atom is 0.245 e. The Morgan fingerprint density at radius 3 is 2.25 bits per heavy atom. The monoisotopic (exact) mass is 369 g/mol. The molecule has 28 heavy (non-hydrogen) atoms. The maximum absolute atomic E-state index is 4.71. The van der Waals surface area contributed by atoms with Crippen LogP contribution in [0.15, 0.2) is 67.1 Å². The highest BCUT2D eigenvalue weighted by Gasteiger charge is 2.17. The molecule has 1 aliphatic heterocycles. The van der Waals surface area contributed by atoms with Gasteiger partial charge in [0.1, 0.15) is 0 Å². The molecule has 0 atom stereocenters. The van der Waals surface area contributed by atoms with E-state index in [4.69, 9.17) is 5.10 Å². The fourth-order valence-corrected chi connectivity index (χ4v) is 4.00. The zero-order chi connectivity index (χ0) is 19.7. The summed E-state index contributed by atoms with van der Waals surface area (Å²) in [4.78, 5) is 2.29. The van der Waals surface area contributed by atoms with E-state index in [9.17, 15) is 0 Å². The zero-order valence-corrected chi connectivity index (χ0v) is 17.3. The number of aromatic nitrogens is 2. The third-order valence-corrected chi connectivity index (χ3v) is 5.49. The normalized spacial score (nSPS) is 13.6. The predicted molar refractivity (Wildman–Crippen MR) is 121 cm³/mol. The molecule has 1 aliphatic rings. The van der Waals surface area contributed by atoms with Crippen LogP contribution in [-0.4, -0.2) is 17.2 Å². The Morgan fingerprint density at radius 2 is 1.61 bits per heavy atom. The molecule has 0 saturated carbocycles. The lowest BCUT2D eigenvalue weighted by molar-refractivity contribution is 0.838. The third kappa shape index (κ3) is 3.51. The van der Waals surface area contributed by atoms with Crippen LogP contribution in [0.4, 0.5) is 5.69 Å². The van der Waals surface area contributed by atoms with Crippen molar-refractivity contribution in [1.29, 1.82) is 0 Å². The van der Waals surface area contributed by atoms with E-state index in [0.29, 0.717) is 11.8 Å². The van der Waals surface area contributed by atoms with E-state index in [1.807, 2.05) is 10.9 Å². The van der Waals surface area contributed by atoms with Crippen molar-refractivity contribution in [2.45, 2.75) is 45.9 Å². The molecule has 2 aromatic carbocycles. The van der Waals surface area contributed by atoms with Gasteiger partial charge in [-0.15, -0.1) is 0 Å². The molecule has 0 N–H and O–H groups in total. The maximum atomic E-state index is 4.71. The molecule has 2 heterocycles. The number of benzene rings is 2. The van der Waals surface area contributed by atoms with Gasteiger partial charge in [0.05, 0.1) is 11.9 Å². The van der Waals surface area contributed by atoms with Gasteiger partial charge in [0.15, 0.2) is 0 Å². The molecule has 1 aromatic heterocycles. The van der Waals surface area contributed by atoms with Crippen molar-refractivity contribution in [3.8, 4) is 16.8 Å². The zero-order valence-electron chi connectivity index (χ0n) is 17.3. The Kier molecular flexibility index (Phi) is 5.12. The topological polar surface area (TPSA) is 21.1 Å². The highest BCUT2D eigenvalue weighted by atomic mass is 15.3. The van der Waals surface area contributed by atoms with E-state index in [1.54, 1.807) is 0 Å². The Hall–Kier alpha value is -2.75.